The summed E-state index contributed by atoms with van der Waals surface area (Å²) < 4.78 is 40.9. The Morgan fingerprint density at radius 1 is 1.41 bits per heavy atom. The summed E-state index contributed by atoms with van der Waals surface area (Å²) >= 11 is 0. The number of alkyl halides is 2. The van der Waals surface area contributed by atoms with E-state index in [1.165, 1.54) is 25.1 Å². The molecule has 1 aromatic rings. The van der Waals surface area contributed by atoms with Crippen LogP contribution >= 0.6 is 0 Å². The molecule has 0 aromatic heterocycles. The van der Waals surface area contributed by atoms with Crippen LogP contribution in [0.1, 0.15) is 0 Å². The van der Waals surface area contributed by atoms with E-state index in [0.717, 1.165) is 12.1 Å². The van der Waals surface area contributed by atoms with Gasteiger partial charge >= 0.3 is 12.6 Å². The highest BCUT2D eigenvalue weighted by Gasteiger charge is 2.11. The number of hydrogen-bond donors (Lipinski definition) is 1. The number of carbonyl (C=O) groups excluding carboxylic acids is 1. The first-order chi connectivity index (χ1) is 7.90. The Balaban J connectivity index is 2.78. The third kappa shape index (κ3) is 3.86. The Bertz CT molecular complexity index is 411. The molecule has 0 atom stereocenters. The molecule has 17 heavy (non-hydrogen) atoms. The molecule has 0 bridgehead atoms. The van der Waals surface area contributed by atoms with Gasteiger partial charge in [-0.2, -0.15) is 8.78 Å². The topological polar surface area (TPSA) is 41.6 Å². The van der Waals surface area contributed by atoms with Crippen LogP contribution in [0.3, 0.4) is 0 Å². The maximum Gasteiger partial charge on any atom is 0.387 e. The number of carbonyl (C=O) groups is 1. The molecule has 0 saturated heterocycles. The van der Waals surface area contributed by atoms with E-state index in [2.05, 4.69) is 10.1 Å². The second-order valence-electron chi connectivity index (χ2n) is 3.35. The maximum absolute atomic E-state index is 13.2. The molecule has 0 unspecified atom stereocenters. The third-order valence-corrected chi connectivity index (χ3v) is 1.81. The Hall–Kier alpha value is -1.92. The van der Waals surface area contributed by atoms with Crippen LogP contribution in [0.5, 0.6) is 5.75 Å². The third-order valence-electron chi connectivity index (χ3n) is 1.81. The van der Waals surface area contributed by atoms with Crippen molar-refractivity contribution in [3.63, 3.8) is 0 Å². The number of hydrogen-bond acceptors (Lipinski definition) is 2. The normalized spacial score (nSPS) is 10.2. The molecule has 0 spiro atoms. The molecule has 94 valence electrons. The molecular formula is C10H11F3N2O2. The average Bonchev–Trinajstić information content (AvgIpc) is 2.21. The van der Waals surface area contributed by atoms with Crippen molar-refractivity contribution in [1.82, 2.24) is 4.90 Å². The lowest BCUT2D eigenvalue weighted by molar-refractivity contribution is -0.0521. The summed E-state index contributed by atoms with van der Waals surface area (Å²) in [5, 5.41) is 2.37. The summed E-state index contributed by atoms with van der Waals surface area (Å²) in [7, 11) is 3.03. The van der Waals surface area contributed by atoms with Crippen LogP contribution in [0.25, 0.3) is 0 Å². The van der Waals surface area contributed by atoms with Crippen molar-refractivity contribution < 1.29 is 22.7 Å². The number of nitrogens with one attached hydrogen (secondary N) is 1. The second-order valence-corrected chi connectivity index (χ2v) is 3.35. The highest BCUT2D eigenvalue weighted by atomic mass is 19.3. The van der Waals surface area contributed by atoms with Gasteiger partial charge in [-0.1, -0.05) is 0 Å². The lowest BCUT2D eigenvalue weighted by Crippen LogP contribution is -2.27. The van der Waals surface area contributed by atoms with Crippen LogP contribution in [-0.2, 0) is 0 Å². The van der Waals surface area contributed by atoms with Crippen molar-refractivity contribution >= 4 is 11.7 Å². The highest BCUT2D eigenvalue weighted by molar-refractivity contribution is 5.88. The van der Waals surface area contributed by atoms with Gasteiger partial charge in [0.25, 0.3) is 0 Å². The summed E-state index contributed by atoms with van der Waals surface area (Å²) in [4.78, 5) is 12.5. The zero-order valence-corrected chi connectivity index (χ0v) is 9.21. The number of rotatable bonds is 3. The Kier molecular flexibility index (Phi) is 4.19. The molecular weight excluding hydrogens is 237 g/mol. The number of nitrogens with zero attached hydrogens (tertiary/aromatic N) is 1. The van der Waals surface area contributed by atoms with Gasteiger partial charge in [-0.3, -0.25) is 0 Å². The first-order valence-electron chi connectivity index (χ1n) is 4.63. The quantitative estimate of drug-likeness (QED) is 0.893. The van der Waals surface area contributed by atoms with Gasteiger partial charge in [-0.05, 0) is 12.1 Å². The molecule has 0 saturated carbocycles. The number of anilines is 1. The van der Waals surface area contributed by atoms with Gasteiger partial charge in [-0.15, -0.1) is 0 Å². The van der Waals surface area contributed by atoms with Crippen LogP contribution in [0.4, 0.5) is 23.7 Å². The first-order valence-corrected chi connectivity index (χ1v) is 4.63. The minimum atomic E-state index is -3.09. The monoisotopic (exact) mass is 248 g/mol. The molecule has 1 N–H and O–H groups in total. The number of urea groups is 1. The molecule has 0 aliphatic rings. The number of benzene rings is 1. The molecule has 0 heterocycles. The minimum absolute atomic E-state index is 0.155. The van der Waals surface area contributed by atoms with E-state index in [-0.39, 0.29) is 5.69 Å². The molecule has 0 fully saturated rings. The van der Waals surface area contributed by atoms with Gasteiger partial charge in [0.05, 0.1) is 0 Å². The van der Waals surface area contributed by atoms with Crippen LogP contribution < -0.4 is 10.1 Å². The lowest BCUT2D eigenvalue weighted by atomic mass is 10.3. The zero-order valence-electron chi connectivity index (χ0n) is 9.21. The molecule has 0 radical (unpaired) electrons. The van der Waals surface area contributed by atoms with E-state index in [1.54, 1.807) is 0 Å². The van der Waals surface area contributed by atoms with E-state index in [4.69, 9.17) is 0 Å². The smallest absolute Gasteiger partial charge is 0.387 e. The maximum atomic E-state index is 13.2. The van der Waals surface area contributed by atoms with Crippen molar-refractivity contribution in [1.29, 1.82) is 0 Å². The summed E-state index contributed by atoms with van der Waals surface area (Å²) in [6.45, 7) is -3.09. The van der Waals surface area contributed by atoms with Crippen molar-refractivity contribution in [2.24, 2.45) is 0 Å². The fraction of sp³-hybridized carbons (Fsp3) is 0.300. The van der Waals surface area contributed by atoms with Crippen molar-refractivity contribution in [3.05, 3.63) is 24.0 Å². The van der Waals surface area contributed by atoms with Gasteiger partial charge in [0.1, 0.15) is 0 Å². The van der Waals surface area contributed by atoms with Crippen molar-refractivity contribution in [3.8, 4) is 5.75 Å². The Labute approximate surface area is 96.0 Å². The van der Waals surface area contributed by atoms with E-state index in [1.807, 2.05) is 0 Å². The first kappa shape index (κ1) is 13.1. The summed E-state index contributed by atoms with van der Waals surface area (Å²) in [6, 6.07) is 2.74. The molecule has 0 aliphatic carbocycles. The SMILES string of the molecule is CN(C)C(=O)Nc1ccc(OC(F)F)c(F)c1. The van der Waals surface area contributed by atoms with E-state index < -0.39 is 24.2 Å². The molecule has 0 aliphatic heterocycles. The van der Waals surface area contributed by atoms with Gasteiger partial charge in [0, 0.05) is 25.8 Å². The van der Waals surface area contributed by atoms with E-state index in [9.17, 15) is 18.0 Å². The van der Waals surface area contributed by atoms with Gasteiger partial charge < -0.3 is 15.0 Å². The molecule has 4 nitrogen and oxygen atoms in total. The summed E-state index contributed by atoms with van der Waals surface area (Å²) in [5.41, 5.74) is 0.155. The van der Waals surface area contributed by atoms with Crippen LogP contribution in [-0.4, -0.2) is 31.6 Å². The molecule has 1 rings (SSSR count). The average molecular weight is 248 g/mol. The van der Waals surface area contributed by atoms with Crippen molar-refractivity contribution in [2.45, 2.75) is 6.61 Å². The molecule has 1 aromatic carbocycles. The Morgan fingerprint density at radius 3 is 2.53 bits per heavy atom. The number of amides is 2. The largest absolute Gasteiger partial charge is 0.432 e. The predicted octanol–water partition coefficient (Wildman–Crippen LogP) is 2.52. The van der Waals surface area contributed by atoms with Gasteiger partial charge in [0.15, 0.2) is 11.6 Å². The Morgan fingerprint density at radius 2 is 2.06 bits per heavy atom. The number of halogens is 3. The van der Waals surface area contributed by atoms with Gasteiger partial charge in [-0.25, -0.2) is 9.18 Å². The summed E-state index contributed by atoms with van der Waals surface area (Å²) in [5.74, 6) is -1.54. The molecule has 2 amide bonds. The second kappa shape index (κ2) is 5.42. The highest BCUT2D eigenvalue weighted by Crippen LogP contribution is 2.22. The summed E-state index contributed by atoms with van der Waals surface area (Å²) in [6.07, 6.45) is 0. The van der Waals surface area contributed by atoms with Gasteiger partial charge in [0.2, 0.25) is 0 Å². The lowest BCUT2D eigenvalue weighted by Gasteiger charge is -2.12. The predicted molar refractivity (Wildman–Crippen MR) is 55.7 cm³/mol. The fourth-order valence-corrected chi connectivity index (χ4v) is 1.01. The van der Waals surface area contributed by atoms with E-state index >= 15 is 0 Å². The fourth-order valence-electron chi connectivity index (χ4n) is 1.01. The van der Waals surface area contributed by atoms with Crippen LogP contribution in [0.15, 0.2) is 18.2 Å². The van der Waals surface area contributed by atoms with Crippen LogP contribution in [0, 0.1) is 5.82 Å². The minimum Gasteiger partial charge on any atom is -0.432 e. The van der Waals surface area contributed by atoms with E-state index in [0.29, 0.717) is 0 Å². The standard InChI is InChI=1S/C10H11F3N2O2/c1-15(2)10(16)14-6-3-4-8(7(11)5-6)17-9(12)13/h3-5,9H,1-2H3,(H,14,16). The zero-order chi connectivity index (χ0) is 13.0. The van der Waals surface area contributed by atoms with Crippen molar-refractivity contribution in [2.75, 3.05) is 19.4 Å². The number of ether oxygens (including phenoxy) is 1. The van der Waals surface area contributed by atoms with Crippen LogP contribution in [0.2, 0.25) is 0 Å². The molecule has 7 heteroatoms.